The minimum Gasteiger partial charge on any atom is -0.399 e. The van der Waals surface area contributed by atoms with Gasteiger partial charge in [0, 0.05) is 25.3 Å². The van der Waals surface area contributed by atoms with Crippen LogP contribution < -0.4 is 10.6 Å². The van der Waals surface area contributed by atoms with Crippen molar-refractivity contribution in [3.8, 4) is 0 Å². The van der Waals surface area contributed by atoms with E-state index in [1.807, 2.05) is 12.1 Å². The predicted octanol–water partition coefficient (Wildman–Crippen LogP) is 2.27. The molecule has 2 aromatic rings. The van der Waals surface area contributed by atoms with Gasteiger partial charge in [-0.2, -0.15) is 0 Å². The molecule has 1 aliphatic rings. The summed E-state index contributed by atoms with van der Waals surface area (Å²) in [5.74, 6) is 0.757. The molecular formula is C14H20N4S. The second-order valence-corrected chi connectivity index (χ2v) is 6.60. The van der Waals surface area contributed by atoms with Crippen molar-refractivity contribution in [2.75, 3.05) is 44.4 Å². The number of hydrogen-bond donors (Lipinski definition) is 1. The lowest BCUT2D eigenvalue weighted by Crippen LogP contribution is -2.25. The van der Waals surface area contributed by atoms with Crippen LogP contribution in [0.5, 0.6) is 0 Å². The highest BCUT2D eigenvalue weighted by molar-refractivity contribution is 7.22. The Hall–Kier alpha value is -1.33. The fourth-order valence-electron chi connectivity index (χ4n) is 2.74. The zero-order valence-electron chi connectivity index (χ0n) is 11.5. The molecule has 1 aliphatic heterocycles. The summed E-state index contributed by atoms with van der Waals surface area (Å²) < 4.78 is 1.22. The molecule has 0 spiro atoms. The monoisotopic (exact) mass is 276 g/mol. The molecule has 102 valence electrons. The standard InChI is InChI=1S/C14H20N4S/c1-17(2)8-10-5-6-18(9-10)14-16-12-7-11(15)3-4-13(12)19-14/h3-4,7,10H,5-6,8-9,15H2,1-2H3. The van der Waals surface area contributed by atoms with Crippen molar-refractivity contribution < 1.29 is 0 Å². The van der Waals surface area contributed by atoms with Crippen molar-refractivity contribution in [1.29, 1.82) is 0 Å². The van der Waals surface area contributed by atoms with Crippen molar-refractivity contribution in [1.82, 2.24) is 9.88 Å². The van der Waals surface area contributed by atoms with Gasteiger partial charge in [0.15, 0.2) is 5.13 Å². The lowest BCUT2D eigenvalue weighted by atomic mass is 10.1. The number of hydrogen-bond acceptors (Lipinski definition) is 5. The van der Waals surface area contributed by atoms with E-state index in [4.69, 9.17) is 10.7 Å². The van der Waals surface area contributed by atoms with Gasteiger partial charge < -0.3 is 15.5 Å². The number of benzene rings is 1. The maximum Gasteiger partial charge on any atom is 0.186 e. The third-order valence-electron chi connectivity index (χ3n) is 3.58. The summed E-state index contributed by atoms with van der Waals surface area (Å²) in [5.41, 5.74) is 7.62. The molecule has 1 unspecified atom stereocenters. The maximum absolute atomic E-state index is 5.81. The average molecular weight is 276 g/mol. The van der Waals surface area contributed by atoms with E-state index >= 15 is 0 Å². The first-order valence-corrected chi connectivity index (χ1v) is 7.49. The lowest BCUT2D eigenvalue weighted by molar-refractivity contribution is 0.340. The number of nitrogen functional groups attached to an aromatic ring is 1. The molecule has 5 heteroatoms. The molecule has 0 saturated carbocycles. The van der Waals surface area contributed by atoms with Gasteiger partial charge in [0.2, 0.25) is 0 Å². The molecule has 1 saturated heterocycles. The second kappa shape index (κ2) is 4.98. The minimum atomic E-state index is 0.757. The first kappa shape index (κ1) is 12.7. The third-order valence-corrected chi connectivity index (χ3v) is 4.68. The van der Waals surface area contributed by atoms with Gasteiger partial charge in [0.25, 0.3) is 0 Å². The highest BCUT2D eigenvalue weighted by atomic mass is 32.1. The van der Waals surface area contributed by atoms with Crippen LogP contribution in [0.3, 0.4) is 0 Å². The van der Waals surface area contributed by atoms with Gasteiger partial charge in [-0.15, -0.1) is 0 Å². The van der Waals surface area contributed by atoms with Crippen molar-refractivity contribution in [3.05, 3.63) is 18.2 Å². The largest absolute Gasteiger partial charge is 0.399 e. The fraction of sp³-hybridized carbons (Fsp3) is 0.500. The molecule has 4 nitrogen and oxygen atoms in total. The smallest absolute Gasteiger partial charge is 0.186 e. The van der Waals surface area contributed by atoms with Gasteiger partial charge >= 0.3 is 0 Å². The Balaban J connectivity index is 1.78. The SMILES string of the molecule is CN(C)CC1CCN(c2nc3cc(N)ccc3s2)C1. The van der Waals surface area contributed by atoms with E-state index in [2.05, 4.69) is 30.0 Å². The van der Waals surface area contributed by atoms with Gasteiger partial charge in [-0.25, -0.2) is 4.98 Å². The van der Waals surface area contributed by atoms with Crippen LogP contribution >= 0.6 is 11.3 Å². The van der Waals surface area contributed by atoms with Crippen molar-refractivity contribution in [2.45, 2.75) is 6.42 Å². The zero-order valence-corrected chi connectivity index (χ0v) is 12.3. The Morgan fingerprint density at radius 1 is 1.47 bits per heavy atom. The lowest BCUT2D eigenvalue weighted by Gasteiger charge is -2.17. The first-order valence-electron chi connectivity index (χ1n) is 6.67. The normalized spacial score (nSPS) is 19.7. The number of rotatable bonds is 3. The molecule has 0 amide bonds. The molecule has 2 heterocycles. The van der Waals surface area contributed by atoms with Crippen LogP contribution in [0, 0.1) is 5.92 Å². The van der Waals surface area contributed by atoms with Crippen molar-refractivity contribution >= 4 is 32.4 Å². The molecule has 1 aromatic heterocycles. The van der Waals surface area contributed by atoms with Crippen molar-refractivity contribution in [2.24, 2.45) is 5.92 Å². The summed E-state index contributed by atoms with van der Waals surface area (Å²) in [6.45, 7) is 3.40. The highest BCUT2D eigenvalue weighted by Crippen LogP contribution is 2.32. The fourth-order valence-corrected chi connectivity index (χ4v) is 3.72. The summed E-state index contributed by atoms with van der Waals surface area (Å²) in [7, 11) is 4.28. The van der Waals surface area contributed by atoms with Crippen molar-refractivity contribution in [3.63, 3.8) is 0 Å². The van der Waals surface area contributed by atoms with Crippen LogP contribution in [0.15, 0.2) is 18.2 Å². The average Bonchev–Trinajstić information content (AvgIpc) is 2.93. The summed E-state index contributed by atoms with van der Waals surface area (Å²) in [6, 6.07) is 5.98. The molecule has 3 rings (SSSR count). The summed E-state index contributed by atoms with van der Waals surface area (Å²) in [6.07, 6.45) is 1.26. The van der Waals surface area contributed by atoms with Gasteiger partial charge in [-0.1, -0.05) is 11.3 Å². The Labute approximate surface area is 117 Å². The van der Waals surface area contributed by atoms with E-state index in [1.54, 1.807) is 11.3 Å². The van der Waals surface area contributed by atoms with E-state index in [1.165, 1.54) is 11.1 Å². The van der Waals surface area contributed by atoms with E-state index in [9.17, 15) is 0 Å². The minimum absolute atomic E-state index is 0.757. The number of thiazole rings is 1. The number of aromatic nitrogens is 1. The summed E-state index contributed by atoms with van der Waals surface area (Å²) in [4.78, 5) is 9.40. The molecule has 1 aromatic carbocycles. The number of nitrogens with two attached hydrogens (primary N) is 1. The summed E-state index contributed by atoms with van der Waals surface area (Å²) >= 11 is 1.77. The Morgan fingerprint density at radius 2 is 2.32 bits per heavy atom. The van der Waals surface area contributed by atoms with E-state index in [0.717, 1.165) is 41.9 Å². The van der Waals surface area contributed by atoms with Crippen LogP contribution in [-0.4, -0.2) is 43.6 Å². The zero-order chi connectivity index (χ0) is 13.4. The molecule has 0 aliphatic carbocycles. The van der Waals surface area contributed by atoms with Crippen LogP contribution in [0.4, 0.5) is 10.8 Å². The number of fused-ring (bicyclic) bond motifs is 1. The molecule has 1 fully saturated rings. The maximum atomic E-state index is 5.81. The Bertz CT molecular complexity index is 578. The third kappa shape index (κ3) is 2.67. The number of anilines is 2. The molecule has 1 atom stereocenters. The van der Waals surface area contributed by atoms with Gasteiger partial charge in [0.05, 0.1) is 10.2 Å². The molecule has 2 N–H and O–H groups in total. The second-order valence-electron chi connectivity index (χ2n) is 5.59. The Kier molecular flexibility index (Phi) is 3.33. The quantitative estimate of drug-likeness (QED) is 0.874. The molecular weight excluding hydrogens is 256 g/mol. The van der Waals surface area contributed by atoms with Gasteiger partial charge in [-0.3, -0.25) is 0 Å². The molecule has 19 heavy (non-hydrogen) atoms. The van der Waals surface area contributed by atoms with E-state index < -0.39 is 0 Å². The summed E-state index contributed by atoms with van der Waals surface area (Å²) in [5, 5.41) is 1.14. The van der Waals surface area contributed by atoms with Gasteiger partial charge in [-0.05, 0) is 44.6 Å². The Morgan fingerprint density at radius 3 is 3.11 bits per heavy atom. The van der Waals surface area contributed by atoms with Crippen LogP contribution in [-0.2, 0) is 0 Å². The first-order chi connectivity index (χ1) is 9.11. The topological polar surface area (TPSA) is 45.4 Å². The van der Waals surface area contributed by atoms with Crippen LogP contribution in [0.25, 0.3) is 10.2 Å². The van der Waals surface area contributed by atoms with Crippen LogP contribution in [0.1, 0.15) is 6.42 Å². The molecule has 0 radical (unpaired) electrons. The van der Waals surface area contributed by atoms with E-state index in [0.29, 0.717) is 0 Å². The predicted molar refractivity (Wildman–Crippen MR) is 82.9 cm³/mol. The van der Waals surface area contributed by atoms with Crippen LogP contribution in [0.2, 0.25) is 0 Å². The highest BCUT2D eigenvalue weighted by Gasteiger charge is 2.25. The molecule has 0 bridgehead atoms. The van der Waals surface area contributed by atoms with E-state index in [-0.39, 0.29) is 0 Å². The number of nitrogens with zero attached hydrogens (tertiary/aromatic N) is 3. The van der Waals surface area contributed by atoms with Gasteiger partial charge in [0.1, 0.15) is 0 Å².